The fraction of sp³-hybridized carbons (Fsp3) is 0.219. The number of benzene rings is 4. The van der Waals surface area contributed by atoms with E-state index in [4.69, 9.17) is 12.2 Å². The number of rotatable bonds is 8. The second-order valence-corrected chi connectivity index (χ2v) is 10.2. The summed E-state index contributed by atoms with van der Waals surface area (Å²) in [6, 6.07) is 28.9. The quantitative estimate of drug-likeness (QED) is 0.226. The van der Waals surface area contributed by atoms with Crippen LogP contribution in [-0.4, -0.2) is 38.4 Å². The summed E-state index contributed by atoms with van der Waals surface area (Å²) in [4.78, 5) is 4.06. The van der Waals surface area contributed by atoms with Gasteiger partial charge in [-0.05, 0) is 77.6 Å². The Hall–Kier alpha value is -3.78. The number of thiocarbonyl (C=S) groups is 1. The second kappa shape index (κ2) is 11.5. The van der Waals surface area contributed by atoms with E-state index >= 15 is 0 Å². The summed E-state index contributed by atoms with van der Waals surface area (Å²) in [5.41, 5.74) is 5.05. The standard InChI is InChI=1S/C32H31FN2O3S/c1-34-28(17-18-29(37)24-8-12-25(33)13-9-24)31(27-16-7-21(20-36)19-30(27)38)35(32(34)39)26-14-10-23(11-15-26)22-5-3-2-4-6-22/h2-16,19,28-29,31,36-38H,17-18,20H2,1H3/t28-,29-,31+/m0/s1. The number of phenolic OH excluding ortho intramolecular Hbond substituents is 1. The molecule has 3 N–H and O–H groups in total. The van der Waals surface area contributed by atoms with E-state index in [1.807, 2.05) is 53.2 Å². The monoisotopic (exact) mass is 542 g/mol. The lowest BCUT2D eigenvalue weighted by Gasteiger charge is -2.30. The summed E-state index contributed by atoms with van der Waals surface area (Å²) in [5, 5.41) is 32.1. The highest BCUT2D eigenvalue weighted by atomic mass is 32.1. The van der Waals surface area contributed by atoms with E-state index in [1.165, 1.54) is 12.1 Å². The van der Waals surface area contributed by atoms with Crippen LogP contribution >= 0.6 is 12.2 Å². The van der Waals surface area contributed by atoms with Crippen molar-refractivity contribution in [2.24, 2.45) is 0 Å². The second-order valence-electron chi connectivity index (χ2n) is 9.88. The predicted molar refractivity (Wildman–Crippen MR) is 156 cm³/mol. The van der Waals surface area contributed by atoms with E-state index in [-0.39, 0.29) is 30.3 Å². The van der Waals surface area contributed by atoms with E-state index < -0.39 is 6.10 Å². The minimum atomic E-state index is -0.766. The van der Waals surface area contributed by atoms with Gasteiger partial charge in [0.2, 0.25) is 0 Å². The van der Waals surface area contributed by atoms with Gasteiger partial charge in [-0.2, -0.15) is 0 Å². The fourth-order valence-corrected chi connectivity index (χ4v) is 5.70. The lowest BCUT2D eigenvalue weighted by Crippen LogP contribution is -2.31. The highest BCUT2D eigenvalue weighted by Gasteiger charge is 2.44. The van der Waals surface area contributed by atoms with Crippen molar-refractivity contribution >= 4 is 23.0 Å². The maximum atomic E-state index is 13.4. The van der Waals surface area contributed by atoms with Gasteiger partial charge in [-0.3, -0.25) is 0 Å². The van der Waals surface area contributed by atoms with E-state index in [2.05, 4.69) is 24.3 Å². The molecule has 0 bridgehead atoms. The van der Waals surface area contributed by atoms with Gasteiger partial charge < -0.3 is 25.1 Å². The number of halogens is 1. The van der Waals surface area contributed by atoms with Crippen LogP contribution in [0.3, 0.4) is 0 Å². The van der Waals surface area contributed by atoms with Crippen molar-refractivity contribution in [2.75, 3.05) is 11.9 Å². The van der Waals surface area contributed by atoms with Crippen LogP contribution in [0.1, 0.15) is 41.7 Å². The molecule has 5 nitrogen and oxygen atoms in total. The van der Waals surface area contributed by atoms with Gasteiger partial charge in [-0.15, -0.1) is 0 Å². The number of aromatic hydroxyl groups is 1. The summed E-state index contributed by atoms with van der Waals surface area (Å²) in [6.07, 6.45) is 0.230. The molecule has 0 unspecified atom stereocenters. The molecule has 4 aromatic rings. The maximum Gasteiger partial charge on any atom is 0.176 e. The number of aliphatic hydroxyl groups is 2. The molecular formula is C32H31FN2O3S. The Morgan fingerprint density at radius 2 is 1.56 bits per heavy atom. The Balaban J connectivity index is 1.48. The molecule has 1 heterocycles. The first-order valence-corrected chi connectivity index (χ1v) is 13.4. The molecule has 0 amide bonds. The Labute approximate surface area is 233 Å². The highest BCUT2D eigenvalue weighted by molar-refractivity contribution is 7.80. The van der Waals surface area contributed by atoms with Gasteiger partial charge in [0.1, 0.15) is 11.6 Å². The third-order valence-electron chi connectivity index (χ3n) is 7.49. The summed E-state index contributed by atoms with van der Waals surface area (Å²) < 4.78 is 13.4. The minimum absolute atomic E-state index is 0.0830. The maximum absolute atomic E-state index is 13.4. The SMILES string of the molecule is CN1C(=S)N(c2ccc(-c3ccccc3)cc2)[C@H](c2ccc(CO)cc2O)[C@@H]1CC[C@H](O)c1ccc(F)cc1. The number of nitrogens with zero attached hydrogens (tertiary/aromatic N) is 2. The zero-order valence-corrected chi connectivity index (χ0v) is 22.4. The lowest BCUT2D eigenvalue weighted by atomic mass is 9.91. The number of hydrogen-bond acceptors (Lipinski definition) is 4. The molecule has 1 saturated heterocycles. The molecule has 5 rings (SSSR count). The molecule has 0 radical (unpaired) electrons. The fourth-order valence-electron chi connectivity index (χ4n) is 5.35. The van der Waals surface area contributed by atoms with Gasteiger partial charge in [0.15, 0.2) is 5.11 Å². The average Bonchev–Trinajstić information content (AvgIpc) is 3.21. The number of likely N-dealkylation sites (N-methyl/N-ethyl adjacent to an activating group) is 1. The highest BCUT2D eigenvalue weighted by Crippen LogP contribution is 2.44. The largest absolute Gasteiger partial charge is 0.508 e. The molecule has 1 aliphatic heterocycles. The third kappa shape index (κ3) is 5.52. The Bertz CT molecular complexity index is 1430. The zero-order chi connectivity index (χ0) is 27.5. The Morgan fingerprint density at radius 1 is 0.897 bits per heavy atom. The van der Waals surface area contributed by atoms with Crippen LogP contribution in [0.15, 0.2) is 97.1 Å². The van der Waals surface area contributed by atoms with E-state index in [0.29, 0.717) is 34.6 Å². The summed E-state index contributed by atoms with van der Waals surface area (Å²) in [5.74, 6) is -0.262. The zero-order valence-electron chi connectivity index (χ0n) is 21.6. The molecule has 7 heteroatoms. The molecule has 0 aromatic heterocycles. The summed E-state index contributed by atoms with van der Waals surface area (Å²) >= 11 is 5.93. The van der Waals surface area contributed by atoms with Gasteiger partial charge in [0.05, 0.1) is 24.8 Å². The van der Waals surface area contributed by atoms with Crippen LogP contribution in [0.5, 0.6) is 5.75 Å². The van der Waals surface area contributed by atoms with E-state index in [1.54, 1.807) is 24.3 Å². The Morgan fingerprint density at radius 3 is 2.21 bits per heavy atom. The van der Waals surface area contributed by atoms with Crippen LogP contribution in [0.4, 0.5) is 10.1 Å². The van der Waals surface area contributed by atoms with Gasteiger partial charge in [0, 0.05) is 18.3 Å². The molecule has 200 valence electrons. The molecule has 0 aliphatic carbocycles. The molecular weight excluding hydrogens is 511 g/mol. The predicted octanol–water partition coefficient (Wildman–Crippen LogP) is 6.35. The van der Waals surface area contributed by atoms with Crippen LogP contribution in [0.2, 0.25) is 0 Å². The van der Waals surface area contributed by atoms with Crippen molar-refractivity contribution in [3.8, 4) is 16.9 Å². The van der Waals surface area contributed by atoms with Crippen molar-refractivity contribution in [3.63, 3.8) is 0 Å². The topological polar surface area (TPSA) is 67.2 Å². The average molecular weight is 543 g/mol. The van der Waals surface area contributed by atoms with Gasteiger partial charge >= 0.3 is 0 Å². The minimum Gasteiger partial charge on any atom is -0.508 e. The van der Waals surface area contributed by atoms with Gasteiger partial charge in [-0.25, -0.2) is 4.39 Å². The molecule has 3 atom stereocenters. The van der Waals surface area contributed by atoms with Gasteiger partial charge in [0.25, 0.3) is 0 Å². The van der Waals surface area contributed by atoms with Crippen molar-refractivity contribution in [3.05, 3.63) is 120 Å². The molecule has 1 aliphatic rings. The molecule has 39 heavy (non-hydrogen) atoms. The first kappa shape index (κ1) is 26.8. The van der Waals surface area contributed by atoms with Gasteiger partial charge in [-0.1, -0.05) is 66.7 Å². The number of aliphatic hydroxyl groups excluding tert-OH is 2. The Kier molecular flexibility index (Phi) is 7.93. The molecule has 0 spiro atoms. The van der Waals surface area contributed by atoms with Crippen LogP contribution in [-0.2, 0) is 6.61 Å². The normalized spacial score (nSPS) is 18.0. The van der Waals surface area contributed by atoms with Crippen molar-refractivity contribution < 1.29 is 19.7 Å². The first-order valence-electron chi connectivity index (χ1n) is 12.9. The molecule has 0 saturated carbocycles. The third-order valence-corrected chi connectivity index (χ3v) is 7.97. The van der Waals surface area contributed by atoms with Crippen LogP contribution in [0, 0.1) is 5.82 Å². The molecule has 1 fully saturated rings. The van der Waals surface area contributed by atoms with Crippen LogP contribution < -0.4 is 4.90 Å². The summed E-state index contributed by atoms with van der Waals surface area (Å²) in [6.45, 7) is -0.172. The van der Waals surface area contributed by atoms with E-state index in [0.717, 1.165) is 16.8 Å². The van der Waals surface area contributed by atoms with Crippen molar-refractivity contribution in [2.45, 2.75) is 37.6 Å². The van der Waals surface area contributed by atoms with Crippen molar-refractivity contribution in [1.29, 1.82) is 0 Å². The van der Waals surface area contributed by atoms with Crippen molar-refractivity contribution in [1.82, 2.24) is 4.90 Å². The summed E-state index contributed by atoms with van der Waals surface area (Å²) in [7, 11) is 1.93. The smallest absolute Gasteiger partial charge is 0.176 e. The lowest BCUT2D eigenvalue weighted by molar-refractivity contribution is 0.152. The number of phenols is 1. The van der Waals surface area contributed by atoms with Crippen LogP contribution in [0.25, 0.3) is 11.1 Å². The molecule has 4 aromatic carbocycles. The first-order chi connectivity index (χ1) is 18.9. The number of hydrogen-bond donors (Lipinski definition) is 3. The number of anilines is 1. The van der Waals surface area contributed by atoms with E-state index in [9.17, 15) is 19.7 Å².